The highest BCUT2D eigenvalue weighted by Gasteiger charge is 2.28. The maximum atomic E-state index is 13.5. The third-order valence-corrected chi connectivity index (χ3v) is 6.74. The first-order chi connectivity index (χ1) is 12.8. The predicted octanol–water partition coefficient (Wildman–Crippen LogP) is 3.81. The molecule has 2 aromatic heterocycles. The molecule has 0 saturated carbocycles. The van der Waals surface area contributed by atoms with Crippen molar-refractivity contribution in [3.63, 3.8) is 0 Å². The highest BCUT2D eigenvalue weighted by molar-refractivity contribution is 7.14. The summed E-state index contributed by atoms with van der Waals surface area (Å²) in [6, 6.07) is 8.41. The molecule has 0 aromatic carbocycles. The van der Waals surface area contributed by atoms with Gasteiger partial charge < -0.3 is 10.2 Å². The number of aromatic nitrogens is 1. The van der Waals surface area contributed by atoms with Crippen molar-refractivity contribution in [1.82, 2.24) is 15.2 Å². The molecule has 1 saturated heterocycles. The highest BCUT2D eigenvalue weighted by Crippen LogP contribution is 2.31. The normalized spacial score (nSPS) is 20.2. The van der Waals surface area contributed by atoms with Gasteiger partial charge in [-0.05, 0) is 81.8 Å². The van der Waals surface area contributed by atoms with E-state index in [1.807, 2.05) is 24.4 Å². The van der Waals surface area contributed by atoms with Gasteiger partial charge in [0, 0.05) is 17.1 Å². The first-order valence-corrected chi connectivity index (χ1v) is 10.7. The Hall–Kier alpha value is -1.72. The van der Waals surface area contributed by atoms with Crippen molar-refractivity contribution in [3.8, 4) is 0 Å². The molecule has 26 heavy (non-hydrogen) atoms. The topological polar surface area (TPSA) is 45.2 Å². The van der Waals surface area contributed by atoms with Gasteiger partial charge in [0.2, 0.25) is 0 Å². The number of nitrogens with one attached hydrogen (secondary N) is 1. The first-order valence-electron chi connectivity index (χ1n) is 9.84. The number of hydrogen-bond donors (Lipinski definition) is 1. The maximum Gasteiger partial charge on any atom is 0.264 e. The second-order valence-corrected chi connectivity index (χ2v) is 8.49. The van der Waals surface area contributed by atoms with E-state index in [-0.39, 0.29) is 5.91 Å². The predicted molar refractivity (Wildman–Crippen MR) is 106 cm³/mol. The third kappa shape index (κ3) is 3.99. The number of pyridine rings is 1. The number of carbonyl (C=O) groups excluding carboxylic acids is 1. The van der Waals surface area contributed by atoms with Crippen LogP contribution in [-0.4, -0.2) is 34.9 Å². The Morgan fingerprint density at radius 3 is 2.96 bits per heavy atom. The van der Waals surface area contributed by atoms with Gasteiger partial charge in [0.25, 0.3) is 5.91 Å². The summed E-state index contributed by atoms with van der Waals surface area (Å²) in [5.41, 5.74) is 2.38. The van der Waals surface area contributed by atoms with Crippen LogP contribution in [0.5, 0.6) is 0 Å². The van der Waals surface area contributed by atoms with Gasteiger partial charge in [-0.15, -0.1) is 11.3 Å². The zero-order valence-corrected chi connectivity index (χ0v) is 16.1. The van der Waals surface area contributed by atoms with Gasteiger partial charge in [-0.3, -0.25) is 9.78 Å². The molecule has 2 aromatic rings. The molecule has 138 valence electrons. The van der Waals surface area contributed by atoms with Gasteiger partial charge >= 0.3 is 0 Å². The summed E-state index contributed by atoms with van der Waals surface area (Å²) in [6.45, 7) is 2.64. The minimum atomic E-state index is 0.196. The summed E-state index contributed by atoms with van der Waals surface area (Å²) < 4.78 is 0. The molecule has 4 rings (SSSR count). The molecule has 4 nitrogen and oxygen atoms in total. The number of fused-ring (bicyclic) bond motifs is 1. The molecule has 1 aliphatic carbocycles. The highest BCUT2D eigenvalue weighted by atomic mass is 32.1. The van der Waals surface area contributed by atoms with E-state index in [4.69, 9.17) is 0 Å². The molecule has 0 spiro atoms. The van der Waals surface area contributed by atoms with Crippen LogP contribution in [0.4, 0.5) is 0 Å². The quantitative estimate of drug-likeness (QED) is 0.891. The second-order valence-electron chi connectivity index (χ2n) is 7.36. The Bertz CT molecular complexity index is 711. The summed E-state index contributed by atoms with van der Waals surface area (Å²) in [6.07, 6.45) is 9.80. The van der Waals surface area contributed by atoms with Crippen LogP contribution in [0.25, 0.3) is 0 Å². The maximum absolute atomic E-state index is 13.5. The lowest BCUT2D eigenvalue weighted by Gasteiger charge is -2.30. The van der Waals surface area contributed by atoms with Crippen molar-refractivity contribution >= 4 is 17.2 Å². The van der Waals surface area contributed by atoms with Crippen molar-refractivity contribution in [2.45, 2.75) is 57.5 Å². The Balaban J connectivity index is 1.60. The van der Waals surface area contributed by atoms with Gasteiger partial charge in [0.15, 0.2) is 0 Å². The lowest BCUT2D eigenvalue weighted by atomic mass is 9.99. The Labute approximate surface area is 159 Å². The number of amides is 1. The van der Waals surface area contributed by atoms with E-state index in [0.717, 1.165) is 55.8 Å². The van der Waals surface area contributed by atoms with E-state index in [1.54, 1.807) is 11.3 Å². The third-order valence-electron chi connectivity index (χ3n) is 5.51. The fraction of sp³-hybridized carbons (Fsp3) is 0.524. The van der Waals surface area contributed by atoms with Crippen LogP contribution in [0, 0.1) is 0 Å². The number of nitrogens with zero attached hydrogens (tertiary/aromatic N) is 2. The summed E-state index contributed by atoms with van der Waals surface area (Å²) in [5.74, 6) is 0.196. The zero-order valence-electron chi connectivity index (χ0n) is 15.2. The molecule has 5 heteroatoms. The van der Waals surface area contributed by atoms with E-state index >= 15 is 0 Å². The largest absolute Gasteiger partial charge is 0.329 e. The molecule has 1 atom stereocenters. The van der Waals surface area contributed by atoms with Crippen LogP contribution in [0.15, 0.2) is 30.5 Å². The summed E-state index contributed by atoms with van der Waals surface area (Å²) in [7, 11) is 0. The zero-order chi connectivity index (χ0) is 17.8. The summed E-state index contributed by atoms with van der Waals surface area (Å²) >= 11 is 1.72. The van der Waals surface area contributed by atoms with Crippen molar-refractivity contribution < 1.29 is 4.79 Å². The van der Waals surface area contributed by atoms with Crippen LogP contribution in [0.1, 0.15) is 57.9 Å². The Morgan fingerprint density at radius 1 is 1.19 bits per heavy atom. The Morgan fingerprint density at radius 2 is 2.12 bits per heavy atom. The van der Waals surface area contributed by atoms with Crippen LogP contribution in [-0.2, 0) is 19.4 Å². The molecule has 1 unspecified atom stereocenters. The number of aryl methyl sites for hydroxylation is 2. The Kier molecular flexibility index (Phi) is 5.65. The van der Waals surface area contributed by atoms with Crippen LogP contribution in [0.2, 0.25) is 0 Å². The average molecular weight is 370 g/mol. The molecule has 0 radical (unpaired) electrons. The SMILES string of the molecule is O=C(c1cc2c(s1)CCCC2)N(Cc1ccccn1)C1CCCNCC1. The standard InChI is InChI=1S/C21H27N3OS/c25-21(20-14-16-6-1-2-9-19(16)26-20)24(15-17-7-3-4-12-23-17)18-8-5-11-22-13-10-18/h3-4,7,12,14,18,22H,1-2,5-6,8-11,13,15H2. The number of hydrogen-bond acceptors (Lipinski definition) is 4. The monoisotopic (exact) mass is 369 g/mol. The van der Waals surface area contributed by atoms with Crippen molar-refractivity contribution in [3.05, 3.63) is 51.5 Å². The second kappa shape index (κ2) is 8.31. The van der Waals surface area contributed by atoms with Gasteiger partial charge in [0.05, 0.1) is 17.1 Å². The van der Waals surface area contributed by atoms with Crippen molar-refractivity contribution in [2.24, 2.45) is 0 Å². The molecular weight excluding hydrogens is 342 g/mol. The van der Waals surface area contributed by atoms with Gasteiger partial charge in [-0.25, -0.2) is 0 Å². The van der Waals surface area contributed by atoms with Gasteiger partial charge in [-0.2, -0.15) is 0 Å². The number of rotatable bonds is 4. The molecule has 1 fully saturated rings. The molecule has 1 amide bonds. The molecular formula is C21H27N3OS. The molecule has 0 bridgehead atoms. The van der Waals surface area contributed by atoms with E-state index in [9.17, 15) is 4.79 Å². The lowest BCUT2D eigenvalue weighted by Crippen LogP contribution is -2.40. The van der Waals surface area contributed by atoms with E-state index in [1.165, 1.54) is 23.3 Å². The van der Waals surface area contributed by atoms with E-state index in [2.05, 4.69) is 21.3 Å². The van der Waals surface area contributed by atoms with Crippen LogP contribution in [0.3, 0.4) is 0 Å². The summed E-state index contributed by atoms with van der Waals surface area (Å²) in [5, 5.41) is 3.46. The van der Waals surface area contributed by atoms with E-state index < -0.39 is 0 Å². The molecule has 1 aliphatic heterocycles. The minimum absolute atomic E-state index is 0.196. The number of carbonyl (C=O) groups is 1. The first kappa shape index (κ1) is 17.7. The van der Waals surface area contributed by atoms with Gasteiger partial charge in [-0.1, -0.05) is 6.07 Å². The van der Waals surface area contributed by atoms with Gasteiger partial charge in [0.1, 0.15) is 0 Å². The average Bonchev–Trinajstić information content (AvgIpc) is 2.94. The number of thiophene rings is 1. The summed E-state index contributed by atoms with van der Waals surface area (Å²) in [4.78, 5) is 22.4. The van der Waals surface area contributed by atoms with Crippen LogP contribution < -0.4 is 5.32 Å². The van der Waals surface area contributed by atoms with Crippen molar-refractivity contribution in [1.29, 1.82) is 0 Å². The fourth-order valence-electron chi connectivity index (χ4n) is 4.08. The van der Waals surface area contributed by atoms with Crippen molar-refractivity contribution in [2.75, 3.05) is 13.1 Å². The molecule has 1 N–H and O–H groups in total. The fourth-order valence-corrected chi connectivity index (χ4v) is 5.29. The molecule has 3 heterocycles. The minimum Gasteiger partial charge on any atom is -0.329 e. The van der Waals surface area contributed by atoms with Crippen LogP contribution >= 0.6 is 11.3 Å². The van der Waals surface area contributed by atoms with E-state index in [0.29, 0.717) is 12.6 Å². The smallest absolute Gasteiger partial charge is 0.264 e. The lowest BCUT2D eigenvalue weighted by molar-refractivity contribution is 0.0647. The molecule has 2 aliphatic rings.